The number of sulfonamides is 2. The second-order valence-corrected chi connectivity index (χ2v) is 7.37. The van der Waals surface area contributed by atoms with Crippen molar-refractivity contribution in [3.8, 4) is 0 Å². The van der Waals surface area contributed by atoms with E-state index in [1.165, 1.54) is 13.8 Å². The van der Waals surface area contributed by atoms with Crippen LogP contribution in [-0.2, 0) is 39.3 Å². The van der Waals surface area contributed by atoms with E-state index in [1.54, 1.807) is 9.77 Å². The van der Waals surface area contributed by atoms with Crippen molar-refractivity contribution < 1.29 is 36.1 Å². The summed E-state index contributed by atoms with van der Waals surface area (Å²) in [6, 6.07) is 0. The molecule has 0 amide bonds. The maximum absolute atomic E-state index is 11.1. The summed E-state index contributed by atoms with van der Waals surface area (Å²) in [7, 11) is -7.37. The van der Waals surface area contributed by atoms with E-state index in [0.29, 0.717) is 0 Å². The molecule has 10 nitrogen and oxygen atoms in total. The van der Waals surface area contributed by atoms with E-state index in [-0.39, 0.29) is 11.5 Å². The van der Waals surface area contributed by atoms with E-state index in [1.807, 2.05) is 0 Å². The number of nitrogens with one attached hydrogen (secondary N) is 2. The summed E-state index contributed by atoms with van der Waals surface area (Å²) in [6.07, 6.45) is -0.947. The Morgan fingerprint density at radius 3 is 1.35 bits per heavy atom. The van der Waals surface area contributed by atoms with Gasteiger partial charge in [0.15, 0.2) is 0 Å². The van der Waals surface area contributed by atoms with Crippen molar-refractivity contribution in [3.63, 3.8) is 0 Å². The summed E-state index contributed by atoms with van der Waals surface area (Å²) in [4.78, 5) is 33.6. The van der Waals surface area contributed by atoms with Crippen molar-refractivity contribution in [3.05, 3.63) is 0 Å². The van der Waals surface area contributed by atoms with Gasteiger partial charge in [-0.15, -0.1) is 0 Å². The van der Waals surface area contributed by atoms with Gasteiger partial charge in [-0.2, -0.15) is 0 Å². The van der Waals surface area contributed by atoms with E-state index < -0.39 is 44.8 Å². The standard InChI is InChI=1S/C8H16N2O8S2/c1-3-19(13,14)9-17-7(11)5-6-8(12)18-10-20(15,16)4-2/h9-10H,3-6H2,1-2H3. The van der Waals surface area contributed by atoms with Gasteiger partial charge in [-0.05, 0) is 23.6 Å². The van der Waals surface area contributed by atoms with Crippen LogP contribution in [-0.4, -0.2) is 40.3 Å². The van der Waals surface area contributed by atoms with E-state index in [0.717, 1.165) is 0 Å². The number of rotatable bonds is 9. The zero-order valence-corrected chi connectivity index (χ0v) is 12.5. The Morgan fingerprint density at radius 2 is 1.10 bits per heavy atom. The zero-order chi connectivity index (χ0) is 15.8. The van der Waals surface area contributed by atoms with E-state index >= 15 is 0 Å². The number of carbonyl (C=O) groups is 2. The molecule has 0 aliphatic heterocycles. The molecule has 12 heteroatoms. The minimum absolute atomic E-state index is 0.277. The van der Waals surface area contributed by atoms with Gasteiger partial charge in [-0.1, -0.05) is 0 Å². The molecule has 0 unspecified atom stereocenters. The molecule has 0 aliphatic carbocycles. The fraction of sp³-hybridized carbons (Fsp3) is 0.750. The van der Waals surface area contributed by atoms with Crippen LogP contribution in [0.25, 0.3) is 0 Å². The molecule has 0 spiro atoms. The first kappa shape index (κ1) is 18.8. The topological polar surface area (TPSA) is 145 Å². The van der Waals surface area contributed by atoms with Crippen LogP contribution >= 0.6 is 0 Å². The minimum atomic E-state index is -3.69. The van der Waals surface area contributed by atoms with E-state index in [2.05, 4.69) is 9.68 Å². The van der Waals surface area contributed by atoms with Gasteiger partial charge in [0.25, 0.3) is 0 Å². The molecule has 0 rings (SSSR count). The fourth-order valence-electron chi connectivity index (χ4n) is 0.644. The molecule has 118 valence electrons. The van der Waals surface area contributed by atoms with Crippen molar-refractivity contribution in [2.24, 2.45) is 0 Å². The highest BCUT2D eigenvalue weighted by Crippen LogP contribution is 1.96. The number of hydrogen-bond acceptors (Lipinski definition) is 8. The van der Waals surface area contributed by atoms with E-state index in [4.69, 9.17) is 0 Å². The molecule has 0 aromatic heterocycles. The summed E-state index contributed by atoms with van der Waals surface area (Å²) in [5, 5.41) is 0. The largest absolute Gasteiger partial charge is 0.356 e. The maximum atomic E-state index is 11.1. The molecule has 0 atom stereocenters. The van der Waals surface area contributed by atoms with E-state index in [9.17, 15) is 26.4 Å². The molecule has 2 N–H and O–H groups in total. The molecule has 0 bridgehead atoms. The average Bonchev–Trinajstić information content (AvgIpc) is 2.40. The summed E-state index contributed by atoms with van der Waals surface area (Å²) in [5.41, 5.74) is 0. The first-order valence-corrected chi connectivity index (χ1v) is 8.80. The number of carbonyl (C=O) groups excluding carboxylic acids is 2. The molecule has 0 fully saturated rings. The van der Waals surface area contributed by atoms with Gasteiger partial charge in [-0.25, -0.2) is 16.8 Å². The lowest BCUT2D eigenvalue weighted by molar-refractivity contribution is -0.153. The third-order valence-electron chi connectivity index (χ3n) is 1.86. The molecule has 0 saturated heterocycles. The lowest BCUT2D eigenvalue weighted by Gasteiger charge is -2.06. The fourth-order valence-corrected chi connectivity index (χ4v) is 1.32. The second-order valence-electron chi connectivity index (χ2n) is 3.42. The van der Waals surface area contributed by atoms with Crippen LogP contribution < -0.4 is 9.77 Å². The monoisotopic (exact) mass is 332 g/mol. The highest BCUT2D eigenvalue weighted by molar-refractivity contribution is 7.89. The van der Waals surface area contributed by atoms with Crippen LogP contribution in [0.15, 0.2) is 0 Å². The highest BCUT2D eigenvalue weighted by Gasteiger charge is 2.15. The Kier molecular flexibility index (Phi) is 7.63. The molecule has 0 heterocycles. The maximum Gasteiger partial charge on any atom is 0.326 e. The van der Waals surface area contributed by atoms with Gasteiger partial charge in [0, 0.05) is 0 Å². The molecule has 20 heavy (non-hydrogen) atoms. The molecule has 0 radical (unpaired) electrons. The smallest absolute Gasteiger partial charge is 0.326 e. The lowest BCUT2D eigenvalue weighted by Crippen LogP contribution is -2.30. The predicted octanol–water partition coefficient (Wildman–Crippen LogP) is -1.44. The zero-order valence-electron chi connectivity index (χ0n) is 10.9. The Morgan fingerprint density at radius 1 is 0.800 bits per heavy atom. The van der Waals surface area contributed by atoms with Crippen molar-refractivity contribution in [2.45, 2.75) is 26.7 Å². The van der Waals surface area contributed by atoms with Crippen molar-refractivity contribution in [2.75, 3.05) is 11.5 Å². The first-order chi connectivity index (χ1) is 9.12. The number of hydrogen-bond donors (Lipinski definition) is 2. The molecule has 0 aliphatic rings. The molecular formula is C8H16N2O8S2. The van der Waals surface area contributed by atoms with Crippen LogP contribution in [0.5, 0.6) is 0 Å². The molecule has 0 aromatic rings. The van der Waals surface area contributed by atoms with Crippen LogP contribution in [0.3, 0.4) is 0 Å². The Hall–Kier alpha value is -1.24. The van der Waals surface area contributed by atoms with Crippen LogP contribution in [0.2, 0.25) is 0 Å². The predicted molar refractivity (Wildman–Crippen MR) is 66.6 cm³/mol. The summed E-state index contributed by atoms with van der Waals surface area (Å²) >= 11 is 0. The third kappa shape index (κ3) is 8.79. The average molecular weight is 332 g/mol. The minimum Gasteiger partial charge on any atom is -0.356 e. The second kappa shape index (κ2) is 8.14. The van der Waals surface area contributed by atoms with Gasteiger partial charge in [-0.3, -0.25) is 9.59 Å². The van der Waals surface area contributed by atoms with Crippen molar-refractivity contribution in [1.29, 1.82) is 0 Å². The Bertz CT molecular complexity index is 489. The van der Waals surface area contributed by atoms with Crippen molar-refractivity contribution >= 4 is 32.0 Å². The Labute approximate surface area is 116 Å². The lowest BCUT2D eigenvalue weighted by atomic mass is 10.3. The van der Waals surface area contributed by atoms with Crippen molar-refractivity contribution in [1.82, 2.24) is 9.77 Å². The van der Waals surface area contributed by atoms with Crippen LogP contribution in [0.4, 0.5) is 0 Å². The highest BCUT2D eigenvalue weighted by atomic mass is 32.2. The van der Waals surface area contributed by atoms with Gasteiger partial charge >= 0.3 is 11.9 Å². The Balaban J connectivity index is 3.99. The van der Waals surface area contributed by atoms with Gasteiger partial charge in [0.05, 0.1) is 24.3 Å². The van der Waals surface area contributed by atoms with Gasteiger partial charge in [0.2, 0.25) is 20.0 Å². The SMILES string of the molecule is CCS(=O)(=O)NOC(=O)CCC(=O)ONS(=O)(=O)CC. The quantitative estimate of drug-likeness (QED) is 0.488. The van der Waals surface area contributed by atoms with Crippen LogP contribution in [0, 0.1) is 0 Å². The summed E-state index contributed by atoms with van der Waals surface area (Å²) in [6.45, 7) is 2.68. The summed E-state index contributed by atoms with van der Waals surface area (Å²) in [5.74, 6) is -2.56. The summed E-state index contributed by atoms with van der Waals surface area (Å²) < 4.78 is 43.7. The molecule has 0 aromatic carbocycles. The normalized spacial score (nSPS) is 11.9. The third-order valence-corrected chi connectivity index (χ3v) is 4.05. The molecule has 0 saturated carbocycles. The molecular weight excluding hydrogens is 316 g/mol. The van der Waals surface area contributed by atoms with Gasteiger partial charge < -0.3 is 9.68 Å². The van der Waals surface area contributed by atoms with Gasteiger partial charge in [0.1, 0.15) is 0 Å². The van der Waals surface area contributed by atoms with Crippen LogP contribution in [0.1, 0.15) is 26.7 Å². The first-order valence-electron chi connectivity index (χ1n) is 5.50.